The van der Waals surface area contributed by atoms with Gasteiger partial charge in [-0.2, -0.15) is 0 Å². The Bertz CT molecular complexity index is 454. The van der Waals surface area contributed by atoms with E-state index in [4.69, 9.17) is 5.11 Å². The van der Waals surface area contributed by atoms with E-state index in [-0.39, 0.29) is 0 Å². The van der Waals surface area contributed by atoms with Crippen LogP contribution in [0.4, 0.5) is 10.5 Å². The topological polar surface area (TPSA) is 82.5 Å². The zero-order valence-electron chi connectivity index (χ0n) is 10.9. The van der Waals surface area contributed by atoms with Crippen LogP contribution in [0.5, 0.6) is 0 Å². The van der Waals surface area contributed by atoms with Gasteiger partial charge in [-0.3, -0.25) is 4.98 Å². The number of carboxylic acid groups (broad SMARTS) is 1. The fourth-order valence-corrected chi connectivity index (χ4v) is 1.15. The van der Waals surface area contributed by atoms with Crippen molar-refractivity contribution in [2.24, 2.45) is 0 Å². The van der Waals surface area contributed by atoms with Crippen molar-refractivity contribution in [3.8, 4) is 0 Å². The second-order valence-corrected chi connectivity index (χ2v) is 4.54. The molecule has 0 spiro atoms. The maximum Gasteiger partial charge on any atom is 0.329 e. The van der Waals surface area contributed by atoms with E-state index in [9.17, 15) is 9.59 Å². The van der Waals surface area contributed by atoms with Gasteiger partial charge in [0.05, 0.1) is 11.9 Å². The summed E-state index contributed by atoms with van der Waals surface area (Å²) in [6, 6.07) is 2.98. The van der Waals surface area contributed by atoms with Crippen LogP contribution in [0, 0.1) is 6.92 Å². The maximum atomic E-state index is 11.9. The van der Waals surface area contributed by atoms with Gasteiger partial charge < -0.3 is 15.3 Å². The number of carbonyl (C=O) groups is 2. The first kappa shape index (κ1) is 14.0. The quantitative estimate of drug-likeness (QED) is 0.856. The van der Waals surface area contributed by atoms with Gasteiger partial charge >= 0.3 is 12.0 Å². The number of aryl methyl sites for hydroxylation is 1. The molecule has 0 atom stereocenters. The second-order valence-electron chi connectivity index (χ2n) is 4.54. The molecule has 0 aromatic carbocycles. The van der Waals surface area contributed by atoms with E-state index in [2.05, 4.69) is 10.3 Å². The molecule has 0 unspecified atom stereocenters. The van der Waals surface area contributed by atoms with Gasteiger partial charge in [0.2, 0.25) is 0 Å². The van der Waals surface area contributed by atoms with Crippen molar-refractivity contribution in [3.05, 3.63) is 24.0 Å². The molecule has 1 aromatic rings. The second kappa shape index (κ2) is 5.03. The molecule has 6 heteroatoms. The summed E-state index contributed by atoms with van der Waals surface area (Å²) in [4.78, 5) is 28.1. The number of rotatable bonds is 3. The summed E-state index contributed by atoms with van der Waals surface area (Å²) in [6.45, 7) is 4.76. The standard InChI is InChI=1S/C12H17N3O3/c1-8-5-6-9(7-13-8)14-11(18)15(4)12(2,3)10(16)17/h5-7H,1-4H3,(H,14,18)(H,16,17). The number of amides is 2. The maximum absolute atomic E-state index is 11.9. The molecule has 18 heavy (non-hydrogen) atoms. The number of carbonyl (C=O) groups excluding carboxylic acids is 1. The molecule has 2 amide bonds. The lowest BCUT2D eigenvalue weighted by Gasteiger charge is -2.31. The largest absolute Gasteiger partial charge is 0.480 e. The van der Waals surface area contributed by atoms with Crippen LogP contribution >= 0.6 is 0 Å². The average molecular weight is 251 g/mol. The summed E-state index contributed by atoms with van der Waals surface area (Å²) in [6.07, 6.45) is 1.52. The fourth-order valence-electron chi connectivity index (χ4n) is 1.15. The number of anilines is 1. The van der Waals surface area contributed by atoms with Crippen molar-refractivity contribution in [3.63, 3.8) is 0 Å². The number of carboxylic acids is 1. The molecule has 1 aromatic heterocycles. The predicted octanol–water partition coefficient (Wildman–Crippen LogP) is 1.72. The molecule has 0 aliphatic heterocycles. The van der Waals surface area contributed by atoms with Crippen molar-refractivity contribution >= 4 is 17.7 Å². The van der Waals surface area contributed by atoms with Crippen LogP contribution in [-0.4, -0.2) is 39.6 Å². The predicted molar refractivity (Wildman–Crippen MR) is 67.5 cm³/mol. The number of nitrogens with zero attached hydrogens (tertiary/aromatic N) is 2. The Labute approximate surface area is 106 Å². The Morgan fingerprint density at radius 3 is 2.44 bits per heavy atom. The third-order valence-corrected chi connectivity index (χ3v) is 2.83. The lowest BCUT2D eigenvalue weighted by atomic mass is 10.1. The first-order chi connectivity index (χ1) is 8.25. The summed E-state index contributed by atoms with van der Waals surface area (Å²) in [5.74, 6) is -1.07. The summed E-state index contributed by atoms with van der Waals surface area (Å²) in [5, 5.41) is 11.6. The number of hydrogen-bond donors (Lipinski definition) is 2. The number of urea groups is 1. The van der Waals surface area contributed by atoms with Crippen LogP contribution in [0.3, 0.4) is 0 Å². The van der Waals surface area contributed by atoms with Crippen LogP contribution in [-0.2, 0) is 4.79 Å². The van der Waals surface area contributed by atoms with Gasteiger partial charge in [0.15, 0.2) is 0 Å². The summed E-state index contributed by atoms with van der Waals surface area (Å²) >= 11 is 0. The summed E-state index contributed by atoms with van der Waals surface area (Å²) in [7, 11) is 1.44. The molecule has 98 valence electrons. The minimum absolute atomic E-state index is 0.493. The number of aromatic nitrogens is 1. The Morgan fingerprint density at radius 2 is 2.00 bits per heavy atom. The third-order valence-electron chi connectivity index (χ3n) is 2.83. The van der Waals surface area contributed by atoms with Gasteiger partial charge in [-0.25, -0.2) is 9.59 Å². The molecule has 6 nitrogen and oxygen atoms in total. The normalized spacial score (nSPS) is 10.9. The van der Waals surface area contributed by atoms with E-state index in [1.807, 2.05) is 6.92 Å². The molecular formula is C12H17N3O3. The molecule has 1 rings (SSSR count). The molecule has 1 heterocycles. The highest BCUT2D eigenvalue weighted by Crippen LogP contribution is 2.14. The van der Waals surface area contributed by atoms with Crippen LogP contribution in [0.2, 0.25) is 0 Å². The Kier molecular flexibility index (Phi) is 3.90. The minimum Gasteiger partial charge on any atom is -0.480 e. The summed E-state index contributed by atoms with van der Waals surface area (Å²) in [5.41, 5.74) is 0.0909. The molecule has 0 bridgehead atoms. The van der Waals surface area contributed by atoms with Gasteiger partial charge in [-0.05, 0) is 32.9 Å². The molecule has 0 radical (unpaired) electrons. The molecule has 0 aliphatic carbocycles. The van der Waals surface area contributed by atoms with Gasteiger partial charge in [-0.15, -0.1) is 0 Å². The Morgan fingerprint density at radius 1 is 1.39 bits per heavy atom. The van der Waals surface area contributed by atoms with Crippen molar-refractivity contribution in [2.45, 2.75) is 26.3 Å². The van der Waals surface area contributed by atoms with Crippen molar-refractivity contribution in [1.29, 1.82) is 0 Å². The van der Waals surface area contributed by atoms with Crippen LogP contribution in [0.1, 0.15) is 19.5 Å². The SMILES string of the molecule is Cc1ccc(NC(=O)N(C)C(C)(C)C(=O)O)cn1. The average Bonchev–Trinajstić information content (AvgIpc) is 2.30. The lowest BCUT2D eigenvalue weighted by molar-refractivity contribution is -0.146. The van der Waals surface area contributed by atoms with E-state index < -0.39 is 17.5 Å². The number of pyridine rings is 1. The zero-order valence-corrected chi connectivity index (χ0v) is 10.9. The number of hydrogen-bond acceptors (Lipinski definition) is 3. The highest BCUT2D eigenvalue weighted by atomic mass is 16.4. The first-order valence-electron chi connectivity index (χ1n) is 5.46. The molecule has 0 fully saturated rings. The van der Waals surface area contributed by atoms with Gasteiger partial charge in [0.1, 0.15) is 5.54 Å². The zero-order chi connectivity index (χ0) is 13.9. The van der Waals surface area contributed by atoms with Gasteiger partial charge in [0, 0.05) is 12.7 Å². The minimum atomic E-state index is -1.28. The Balaban J connectivity index is 2.77. The van der Waals surface area contributed by atoms with E-state index in [0.29, 0.717) is 5.69 Å². The van der Waals surface area contributed by atoms with E-state index in [0.717, 1.165) is 10.6 Å². The summed E-state index contributed by atoms with van der Waals surface area (Å²) < 4.78 is 0. The molecule has 0 aliphatic rings. The smallest absolute Gasteiger partial charge is 0.329 e. The Hall–Kier alpha value is -2.11. The molecule has 0 saturated carbocycles. The highest BCUT2D eigenvalue weighted by molar-refractivity contribution is 5.93. The first-order valence-corrected chi connectivity index (χ1v) is 5.46. The number of likely N-dealkylation sites (N-methyl/N-ethyl adjacent to an activating group) is 1. The molecular weight excluding hydrogens is 234 g/mol. The highest BCUT2D eigenvalue weighted by Gasteiger charge is 2.35. The number of aliphatic carboxylic acids is 1. The molecule has 0 saturated heterocycles. The molecule has 2 N–H and O–H groups in total. The lowest BCUT2D eigenvalue weighted by Crippen LogP contribution is -2.52. The van der Waals surface area contributed by atoms with Gasteiger partial charge in [-0.1, -0.05) is 0 Å². The third kappa shape index (κ3) is 2.97. The van der Waals surface area contributed by atoms with E-state index in [1.165, 1.54) is 27.1 Å². The van der Waals surface area contributed by atoms with Crippen molar-refractivity contribution < 1.29 is 14.7 Å². The van der Waals surface area contributed by atoms with E-state index >= 15 is 0 Å². The monoisotopic (exact) mass is 251 g/mol. The number of nitrogens with one attached hydrogen (secondary N) is 1. The van der Waals surface area contributed by atoms with Gasteiger partial charge in [0.25, 0.3) is 0 Å². The van der Waals surface area contributed by atoms with Crippen molar-refractivity contribution in [2.75, 3.05) is 12.4 Å². The van der Waals surface area contributed by atoms with Crippen LogP contribution in [0.25, 0.3) is 0 Å². The van der Waals surface area contributed by atoms with E-state index in [1.54, 1.807) is 12.1 Å². The van der Waals surface area contributed by atoms with Crippen molar-refractivity contribution in [1.82, 2.24) is 9.88 Å². The van der Waals surface area contributed by atoms with Crippen LogP contribution in [0.15, 0.2) is 18.3 Å². The van der Waals surface area contributed by atoms with Crippen LogP contribution < -0.4 is 5.32 Å². The fraction of sp³-hybridized carbons (Fsp3) is 0.417.